The molecule has 2 rings (SSSR count). The molecule has 0 aliphatic carbocycles. The molecular formula is C11H13FN2S. The maximum absolute atomic E-state index is 12.9. The zero-order valence-electron chi connectivity index (χ0n) is 8.59. The summed E-state index contributed by atoms with van der Waals surface area (Å²) in [6.45, 7) is 2.16. The van der Waals surface area contributed by atoms with Crippen LogP contribution in [-0.4, -0.2) is 15.7 Å². The van der Waals surface area contributed by atoms with Gasteiger partial charge in [-0.25, -0.2) is 9.37 Å². The maximum Gasteiger partial charge on any atom is 0.166 e. The van der Waals surface area contributed by atoms with Crippen molar-refractivity contribution < 1.29 is 4.39 Å². The Morgan fingerprint density at radius 3 is 3.13 bits per heavy atom. The van der Waals surface area contributed by atoms with Gasteiger partial charge in [0.25, 0.3) is 0 Å². The van der Waals surface area contributed by atoms with Gasteiger partial charge in [-0.1, -0.05) is 25.1 Å². The highest BCUT2D eigenvalue weighted by Gasteiger charge is 2.03. The molecule has 0 aliphatic rings. The van der Waals surface area contributed by atoms with Crippen molar-refractivity contribution in [1.29, 1.82) is 0 Å². The number of thioether (sulfide) groups is 1. The zero-order valence-corrected chi connectivity index (χ0v) is 9.40. The Morgan fingerprint density at radius 2 is 2.33 bits per heavy atom. The Balaban J connectivity index is 2.16. The summed E-state index contributed by atoms with van der Waals surface area (Å²) < 4.78 is 12.9. The third-order valence-corrected chi connectivity index (χ3v) is 3.12. The number of unbranched alkanes of at least 4 members (excludes halogenated alkanes) is 1. The molecule has 0 radical (unpaired) electrons. The highest BCUT2D eigenvalue weighted by Crippen LogP contribution is 2.20. The summed E-state index contributed by atoms with van der Waals surface area (Å²) in [5.41, 5.74) is 1.60. The van der Waals surface area contributed by atoms with Crippen LogP contribution in [0.25, 0.3) is 11.0 Å². The van der Waals surface area contributed by atoms with Gasteiger partial charge in [0.2, 0.25) is 0 Å². The average molecular weight is 224 g/mol. The van der Waals surface area contributed by atoms with E-state index in [0.717, 1.165) is 21.9 Å². The second kappa shape index (κ2) is 4.66. The molecule has 0 unspecified atom stereocenters. The molecule has 80 valence electrons. The van der Waals surface area contributed by atoms with Gasteiger partial charge >= 0.3 is 0 Å². The van der Waals surface area contributed by atoms with E-state index >= 15 is 0 Å². The Morgan fingerprint density at radius 1 is 1.47 bits per heavy atom. The molecule has 0 spiro atoms. The van der Waals surface area contributed by atoms with Crippen molar-refractivity contribution >= 4 is 22.8 Å². The molecule has 0 fully saturated rings. The summed E-state index contributed by atoms with van der Waals surface area (Å²) >= 11 is 1.69. The van der Waals surface area contributed by atoms with E-state index in [1.165, 1.54) is 25.0 Å². The number of halogens is 1. The van der Waals surface area contributed by atoms with Crippen LogP contribution in [0.2, 0.25) is 0 Å². The molecule has 0 amide bonds. The number of benzene rings is 1. The Hall–Kier alpha value is -1.03. The van der Waals surface area contributed by atoms with E-state index in [0.29, 0.717) is 0 Å². The van der Waals surface area contributed by atoms with Gasteiger partial charge in [-0.3, -0.25) is 0 Å². The number of nitrogens with one attached hydrogen (secondary N) is 1. The summed E-state index contributed by atoms with van der Waals surface area (Å²) in [4.78, 5) is 7.47. The molecule has 0 saturated carbocycles. The van der Waals surface area contributed by atoms with Crippen LogP contribution >= 0.6 is 11.8 Å². The molecule has 1 heterocycles. The van der Waals surface area contributed by atoms with E-state index in [2.05, 4.69) is 16.9 Å². The topological polar surface area (TPSA) is 28.7 Å². The van der Waals surface area contributed by atoms with E-state index in [4.69, 9.17) is 0 Å². The molecule has 15 heavy (non-hydrogen) atoms. The van der Waals surface area contributed by atoms with Gasteiger partial charge in [0.05, 0.1) is 11.0 Å². The lowest BCUT2D eigenvalue weighted by molar-refractivity contribution is 0.629. The van der Waals surface area contributed by atoms with Gasteiger partial charge < -0.3 is 4.98 Å². The van der Waals surface area contributed by atoms with Crippen molar-refractivity contribution in [1.82, 2.24) is 9.97 Å². The third-order valence-electron chi connectivity index (χ3n) is 2.16. The highest BCUT2D eigenvalue weighted by atomic mass is 32.2. The number of fused-ring (bicyclic) bond motifs is 1. The minimum absolute atomic E-state index is 0.226. The monoisotopic (exact) mass is 224 g/mol. The largest absolute Gasteiger partial charge is 0.333 e. The number of H-pyrrole nitrogens is 1. The standard InChI is InChI=1S/C11H13FN2S/c1-2-3-6-15-11-13-9-5-4-8(12)7-10(9)14-11/h4-5,7H,2-3,6H2,1H3,(H,13,14). The van der Waals surface area contributed by atoms with Crippen LogP contribution in [-0.2, 0) is 0 Å². The summed E-state index contributed by atoms with van der Waals surface area (Å²) in [5, 5.41) is 0.879. The number of hydrogen-bond donors (Lipinski definition) is 1. The highest BCUT2D eigenvalue weighted by molar-refractivity contribution is 7.99. The van der Waals surface area contributed by atoms with E-state index in [1.54, 1.807) is 17.8 Å². The normalized spacial score (nSPS) is 11.1. The molecule has 1 N–H and O–H groups in total. The van der Waals surface area contributed by atoms with Gasteiger partial charge in [-0.05, 0) is 24.6 Å². The van der Waals surface area contributed by atoms with Crippen LogP contribution in [0, 0.1) is 5.82 Å². The predicted octanol–water partition coefficient (Wildman–Crippen LogP) is 3.59. The van der Waals surface area contributed by atoms with Gasteiger partial charge in [-0.2, -0.15) is 0 Å². The van der Waals surface area contributed by atoms with Gasteiger partial charge in [0, 0.05) is 5.75 Å². The lowest BCUT2D eigenvalue weighted by Gasteiger charge is -1.93. The van der Waals surface area contributed by atoms with Gasteiger partial charge in [0.1, 0.15) is 5.82 Å². The molecule has 0 aliphatic heterocycles. The molecule has 2 aromatic rings. The van der Waals surface area contributed by atoms with Crippen LogP contribution in [0.4, 0.5) is 4.39 Å². The Labute approximate surface area is 92.3 Å². The number of aromatic nitrogens is 2. The predicted molar refractivity (Wildman–Crippen MR) is 61.7 cm³/mol. The maximum atomic E-state index is 12.9. The summed E-state index contributed by atoms with van der Waals surface area (Å²) in [6, 6.07) is 4.61. The Bertz CT molecular complexity index is 453. The van der Waals surface area contributed by atoms with Crippen molar-refractivity contribution in [2.45, 2.75) is 24.9 Å². The number of nitrogens with zero attached hydrogens (tertiary/aromatic N) is 1. The summed E-state index contributed by atoms with van der Waals surface area (Å²) in [5.74, 6) is 0.829. The number of imidazole rings is 1. The van der Waals surface area contributed by atoms with Crippen molar-refractivity contribution in [3.63, 3.8) is 0 Å². The molecule has 1 aromatic carbocycles. The Kier molecular flexibility index (Phi) is 3.26. The zero-order chi connectivity index (χ0) is 10.7. The smallest absolute Gasteiger partial charge is 0.166 e. The summed E-state index contributed by atoms with van der Waals surface area (Å²) in [6.07, 6.45) is 2.36. The van der Waals surface area contributed by atoms with E-state index < -0.39 is 0 Å². The van der Waals surface area contributed by atoms with Gasteiger partial charge in [0.15, 0.2) is 5.16 Å². The quantitative estimate of drug-likeness (QED) is 0.635. The first kappa shape index (κ1) is 10.5. The van der Waals surface area contributed by atoms with E-state index in [9.17, 15) is 4.39 Å². The second-order valence-corrected chi connectivity index (χ2v) is 4.49. The van der Waals surface area contributed by atoms with E-state index in [1.807, 2.05) is 0 Å². The fourth-order valence-electron chi connectivity index (χ4n) is 1.34. The molecule has 0 bridgehead atoms. The lowest BCUT2D eigenvalue weighted by Crippen LogP contribution is -1.79. The fourth-order valence-corrected chi connectivity index (χ4v) is 2.31. The molecule has 4 heteroatoms. The molecule has 0 saturated heterocycles. The van der Waals surface area contributed by atoms with Crippen molar-refractivity contribution in [2.75, 3.05) is 5.75 Å². The van der Waals surface area contributed by atoms with E-state index in [-0.39, 0.29) is 5.82 Å². The average Bonchev–Trinajstić information content (AvgIpc) is 2.60. The van der Waals surface area contributed by atoms with Crippen LogP contribution in [0.3, 0.4) is 0 Å². The molecule has 2 nitrogen and oxygen atoms in total. The second-order valence-electron chi connectivity index (χ2n) is 3.41. The third kappa shape index (κ3) is 2.50. The van der Waals surface area contributed by atoms with Crippen LogP contribution in [0.5, 0.6) is 0 Å². The first-order chi connectivity index (χ1) is 7.29. The molecular weight excluding hydrogens is 211 g/mol. The summed E-state index contributed by atoms with van der Waals surface area (Å²) in [7, 11) is 0. The minimum Gasteiger partial charge on any atom is -0.333 e. The van der Waals surface area contributed by atoms with Crippen molar-refractivity contribution in [2.24, 2.45) is 0 Å². The molecule has 0 atom stereocenters. The van der Waals surface area contributed by atoms with Crippen LogP contribution in [0.15, 0.2) is 23.4 Å². The van der Waals surface area contributed by atoms with Gasteiger partial charge in [-0.15, -0.1) is 0 Å². The van der Waals surface area contributed by atoms with Crippen molar-refractivity contribution in [3.05, 3.63) is 24.0 Å². The minimum atomic E-state index is -0.226. The fraction of sp³-hybridized carbons (Fsp3) is 0.364. The van der Waals surface area contributed by atoms with Crippen LogP contribution < -0.4 is 0 Å². The lowest BCUT2D eigenvalue weighted by atomic mass is 10.3. The number of hydrogen-bond acceptors (Lipinski definition) is 2. The first-order valence-corrected chi connectivity index (χ1v) is 6.06. The molecule has 1 aromatic heterocycles. The first-order valence-electron chi connectivity index (χ1n) is 5.07. The van der Waals surface area contributed by atoms with Crippen molar-refractivity contribution in [3.8, 4) is 0 Å². The SMILES string of the molecule is CCCCSc1nc2ccc(F)cc2[nH]1. The number of rotatable bonds is 4. The van der Waals surface area contributed by atoms with Crippen LogP contribution in [0.1, 0.15) is 19.8 Å². The number of aromatic amines is 1.